The Bertz CT molecular complexity index is 772. The Hall–Kier alpha value is -3.15. The average molecular weight is 327 g/mol. The largest absolute Gasteiger partial charge is 0.378 e. The van der Waals surface area contributed by atoms with Crippen molar-refractivity contribution in [2.75, 3.05) is 19.0 Å². The van der Waals surface area contributed by atoms with Gasteiger partial charge < -0.3 is 4.90 Å². The van der Waals surface area contributed by atoms with Gasteiger partial charge >= 0.3 is 0 Å². The van der Waals surface area contributed by atoms with Crippen LogP contribution in [0.2, 0.25) is 0 Å². The van der Waals surface area contributed by atoms with E-state index in [1.165, 1.54) is 24.3 Å². The van der Waals surface area contributed by atoms with Gasteiger partial charge in [-0.25, -0.2) is 4.39 Å². The minimum absolute atomic E-state index is 0.383. The van der Waals surface area contributed by atoms with Gasteiger partial charge in [-0.15, -0.1) is 0 Å². The lowest BCUT2D eigenvalue weighted by Crippen LogP contribution is -2.40. The van der Waals surface area contributed by atoms with Gasteiger partial charge in [-0.3, -0.25) is 20.4 Å². The Kier molecular flexibility index (Phi) is 5.68. The third-order valence-corrected chi connectivity index (χ3v) is 3.20. The molecule has 0 radical (unpaired) electrons. The van der Waals surface area contributed by atoms with Gasteiger partial charge in [0.05, 0.1) is 0 Å². The van der Waals surface area contributed by atoms with Crippen LogP contribution < -0.4 is 15.8 Å². The molecule has 2 amide bonds. The molecule has 0 unspecified atom stereocenters. The molecule has 0 aliphatic rings. The van der Waals surface area contributed by atoms with E-state index >= 15 is 0 Å². The molecule has 0 heterocycles. The summed E-state index contributed by atoms with van der Waals surface area (Å²) >= 11 is 0. The summed E-state index contributed by atoms with van der Waals surface area (Å²) < 4.78 is 13.0. The number of hydrazine groups is 1. The van der Waals surface area contributed by atoms with Gasteiger partial charge in [0, 0.05) is 31.4 Å². The summed E-state index contributed by atoms with van der Waals surface area (Å²) in [5.41, 5.74) is 6.46. The van der Waals surface area contributed by atoms with Gasteiger partial charge in [-0.2, -0.15) is 0 Å². The number of benzene rings is 2. The molecule has 2 aromatic rings. The second-order valence-corrected chi connectivity index (χ2v) is 5.28. The van der Waals surface area contributed by atoms with Crippen molar-refractivity contribution >= 4 is 23.6 Å². The Morgan fingerprint density at radius 2 is 1.79 bits per heavy atom. The van der Waals surface area contributed by atoms with Crippen LogP contribution in [0.4, 0.5) is 10.1 Å². The molecule has 0 atom stereocenters. The molecule has 0 aliphatic carbocycles. The molecule has 0 spiro atoms. The fourth-order valence-electron chi connectivity index (χ4n) is 1.94. The minimum atomic E-state index is -0.517. The standard InChI is InChI=1S/C18H18FN3O2/c1-22(2)16-8-4-6-14(12-16)18(24)21-20-17(23)10-9-13-5-3-7-15(19)11-13/h3-12H,1-2H3,(H,20,23)(H,21,24)/b10-9+. The van der Waals surface area contributed by atoms with Crippen LogP contribution >= 0.6 is 0 Å². The number of anilines is 1. The fourth-order valence-corrected chi connectivity index (χ4v) is 1.94. The Morgan fingerprint density at radius 3 is 2.50 bits per heavy atom. The molecule has 0 fully saturated rings. The SMILES string of the molecule is CN(C)c1cccc(C(=O)NNC(=O)/C=C/c2cccc(F)c2)c1. The summed E-state index contributed by atoms with van der Waals surface area (Å²) in [6.45, 7) is 0. The monoisotopic (exact) mass is 327 g/mol. The number of halogens is 1. The zero-order chi connectivity index (χ0) is 17.5. The van der Waals surface area contributed by atoms with E-state index in [0.717, 1.165) is 5.69 Å². The topological polar surface area (TPSA) is 61.4 Å². The van der Waals surface area contributed by atoms with Crippen LogP contribution in [0.1, 0.15) is 15.9 Å². The van der Waals surface area contributed by atoms with Gasteiger partial charge in [0.1, 0.15) is 5.82 Å². The molecule has 0 aliphatic heterocycles. The van der Waals surface area contributed by atoms with Gasteiger partial charge in [0.25, 0.3) is 11.8 Å². The molecule has 0 saturated heterocycles. The Balaban J connectivity index is 1.91. The second-order valence-electron chi connectivity index (χ2n) is 5.28. The van der Waals surface area contributed by atoms with E-state index in [4.69, 9.17) is 0 Å². The molecule has 5 nitrogen and oxygen atoms in total. The summed E-state index contributed by atoms with van der Waals surface area (Å²) in [7, 11) is 3.74. The molecule has 0 bridgehead atoms. The number of hydrogen-bond donors (Lipinski definition) is 2. The van der Waals surface area contributed by atoms with Crippen molar-refractivity contribution in [3.05, 3.63) is 71.6 Å². The zero-order valence-corrected chi connectivity index (χ0v) is 13.4. The Labute approximate surface area is 139 Å². The summed E-state index contributed by atoms with van der Waals surface area (Å²) in [6, 6.07) is 12.8. The molecule has 6 heteroatoms. The van der Waals surface area contributed by atoms with Gasteiger partial charge in [-0.1, -0.05) is 18.2 Å². The molecule has 2 rings (SSSR count). The lowest BCUT2D eigenvalue weighted by Gasteiger charge is -2.13. The molecule has 2 aromatic carbocycles. The molecular weight excluding hydrogens is 309 g/mol. The van der Waals surface area contributed by atoms with Crippen LogP contribution in [0.5, 0.6) is 0 Å². The van der Waals surface area contributed by atoms with Gasteiger partial charge in [-0.05, 0) is 42.0 Å². The number of carbonyl (C=O) groups is 2. The highest BCUT2D eigenvalue weighted by atomic mass is 19.1. The van der Waals surface area contributed by atoms with Crippen LogP contribution in [-0.2, 0) is 4.79 Å². The van der Waals surface area contributed by atoms with Crippen molar-refractivity contribution in [3.8, 4) is 0 Å². The van der Waals surface area contributed by atoms with E-state index in [0.29, 0.717) is 11.1 Å². The number of rotatable bonds is 4. The fraction of sp³-hybridized carbons (Fsp3) is 0.111. The van der Waals surface area contributed by atoms with Crippen molar-refractivity contribution in [3.63, 3.8) is 0 Å². The third-order valence-electron chi connectivity index (χ3n) is 3.20. The quantitative estimate of drug-likeness (QED) is 0.669. The predicted octanol–water partition coefficient (Wildman–Crippen LogP) is 2.37. The number of hydrogen-bond acceptors (Lipinski definition) is 3. The number of amides is 2. The minimum Gasteiger partial charge on any atom is -0.378 e. The molecule has 2 N–H and O–H groups in total. The highest BCUT2D eigenvalue weighted by Crippen LogP contribution is 2.13. The first-order chi connectivity index (χ1) is 11.5. The van der Waals surface area contributed by atoms with E-state index in [2.05, 4.69) is 10.9 Å². The van der Waals surface area contributed by atoms with E-state index in [1.54, 1.807) is 30.3 Å². The van der Waals surface area contributed by atoms with Crippen molar-refractivity contribution in [2.24, 2.45) is 0 Å². The van der Waals surface area contributed by atoms with Crippen molar-refractivity contribution < 1.29 is 14.0 Å². The number of nitrogens with one attached hydrogen (secondary N) is 2. The first-order valence-electron chi connectivity index (χ1n) is 7.27. The molecular formula is C18H18FN3O2. The van der Waals surface area contributed by atoms with Crippen LogP contribution in [0.3, 0.4) is 0 Å². The van der Waals surface area contributed by atoms with Crippen LogP contribution in [0, 0.1) is 5.82 Å². The summed E-state index contributed by atoms with van der Waals surface area (Å²) in [5, 5.41) is 0. The summed E-state index contributed by atoms with van der Waals surface area (Å²) in [6.07, 6.45) is 2.67. The third kappa shape index (κ3) is 4.95. The van der Waals surface area contributed by atoms with Gasteiger partial charge in [0.2, 0.25) is 0 Å². The number of carbonyl (C=O) groups excluding carboxylic acids is 2. The highest BCUT2D eigenvalue weighted by Gasteiger charge is 2.07. The second kappa shape index (κ2) is 7.92. The molecule has 24 heavy (non-hydrogen) atoms. The van der Waals surface area contributed by atoms with Crippen LogP contribution in [-0.4, -0.2) is 25.9 Å². The first-order valence-corrected chi connectivity index (χ1v) is 7.27. The van der Waals surface area contributed by atoms with Crippen molar-refractivity contribution in [1.82, 2.24) is 10.9 Å². The van der Waals surface area contributed by atoms with E-state index < -0.39 is 11.8 Å². The maximum absolute atomic E-state index is 13.0. The van der Waals surface area contributed by atoms with Crippen molar-refractivity contribution in [2.45, 2.75) is 0 Å². The maximum Gasteiger partial charge on any atom is 0.269 e. The first kappa shape index (κ1) is 17.2. The lowest BCUT2D eigenvalue weighted by molar-refractivity contribution is -0.117. The molecule has 0 aromatic heterocycles. The average Bonchev–Trinajstić information content (AvgIpc) is 2.58. The predicted molar refractivity (Wildman–Crippen MR) is 91.8 cm³/mol. The highest BCUT2D eigenvalue weighted by molar-refractivity contribution is 5.98. The van der Waals surface area contributed by atoms with Crippen LogP contribution in [0.25, 0.3) is 6.08 Å². The van der Waals surface area contributed by atoms with Gasteiger partial charge in [0.15, 0.2) is 0 Å². The van der Waals surface area contributed by atoms with E-state index in [9.17, 15) is 14.0 Å². The summed E-state index contributed by atoms with van der Waals surface area (Å²) in [4.78, 5) is 25.6. The van der Waals surface area contributed by atoms with Crippen LogP contribution in [0.15, 0.2) is 54.6 Å². The van der Waals surface area contributed by atoms with E-state index in [-0.39, 0.29) is 5.82 Å². The summed E-state index contributed by atoms with van der Waals surface area (Å²) in [5.74, 6) is -1.32. The lowest BCUT2D eigenvalue weighted by atomic mass is 10.2. The normalized spacial score (nSPS) is 10.5. The zero-order valence-electron chi connectivity index (χ0n) is 13.4. The van der Waals surface area contributed by atoms with E-state index in [1.807, 2.05) is 25.1 Å². The Morgan fingerprint density at radius 1 is 1.04 bits per heavy atom. The van der Waals surface area contributed by atoms with Crippen molar-refractivity contribution in [1.29, 1.82) is 0 Å². The molecule has 124 valence electrons. The number of nitrogens with zero attached hydrogens (tertiary/aromatic N) is 1. The maximum atomic E-state index is 13.0. The smallest absolute Gasteiger partial charge is 0.269 e. The molecule has 0 saturated carbocycles.